The van der Waals surface area contributed by atoms with Crippen LogP contribution in [0, 0.1) is 0 Å². The lowest BCUT2D eigenvalue weighted by Crippen LogP contribution is -2.34. The molecule has 258 valence electrons. The standard InChI is InChI=1S/C44H47NO5/c1-44(2,3)50-43(47)45(37-25-27-38(48-4)28-26-37)30-29-39(34-19-11-6-12-20-34)41(46)31-40(35-21-13-7-14-22-35)42(36-23-15-8-16-24-36)49-32-33-17-9-5-10-18-33/h5-30,39-42,46H,31-32H2,1-4H3/b30-29+/t39-,40+,41+,42-/m1/s1. The predicted molar refractivity (Wildman–Crippen MR) is 200 cm³/mol. The van der Waals surface area contributed by atoms with Crippen LogP contribution in [-0.2, 0) is 16.1 Å². The Morgan fingerprint density at radius 2 is 1.24 bits per heavy atom. The number of aliphatic hydroxyl groups excluding tert-OH is 1. The topological polar surface area (TPSA) is 68.2 Å². The van der Waals surface area contributed by atoms with Crippen LogP contribution in [0.4, 0.5) is 10.5 Å². The molecule has 50 heavy (non-hydrogen) atoms. The summed E-state index contributed by atoms with van der Waals surface area (Å²) >= 11 is 0. The van der Waals surface area contributed by atoms with Crippen molar-refractivity contribution in [1.82, 2.24) is 0 Å². The Kier molecular flexibility index (Phi) is 12.6. The van der Waals surface area contributed by atoms with Crippen LogP contribution in [0.25, 0.3) is 0 Å². The van der Waals surface area contributed by atoms with Crippen LogP contribution in [0.1, 0.15) is 67.4 Å². The van der Waals surface area contributed by atoms with Crippen LogP contribution in [0.5, 0.6) is 5.75 Å². The third kappa shape index (κ3) is 10.2. The smallest absolute Gasteiger partial charge is 0.418 e. The maximum atomic E-state index is 13.6. The van der Waals surface area contributed by atoms with Gasteiger partial charge in [-0.15, -0.1) is 0 Å². The number of ether oxygens (including phenoxy) is 3. The van der Waals surface area contributed by atoms with Crippen LogP contribution in [0.15, 0.2) is 158 Å². The van der Waals surface area contributed by atoms with Gasteiger partial charge in [-0.1, -0.05) is 127 Å². The normalized spacial score (nSPS) is 14.0. The molecule has 0 bridgehead atoms. The van der Waals surface area contributed by atoms with Gasteiger partial charge in [-0.25, -0.2) is 4.79 Å². The first kappa shape index (κ1) is 36.1. The molecule has 0 saturated heterocycles. The van der Waals surface area contributed by atoms with E-state index in [4.69, 9.17) is 14.2 Å². The Hall–Kier alpha value is -5.17. The van der Waals surface area contributed by atoms with E-state index in [9.17, 15) is 9.90 Å². The van der Waals surface area contributed by atoms with E-state index < -0.39 is 23.7 Å². The molecule has 0 aliphatic carbocycles. The summed E-state index contributed by atoms with van der Waals surface area (Å²) in [4.78, 5) is 15.0. The number of benzene rings is 5. The van der Waals surface area contributed by atoms with Gasteiger partial charge in [-0.3, -0.25) is 4.90 Å². The number of amides is 1. The highest BCUT2D eigenvalue weighted by molar-refractivity contribution is 5.90. The lowest BCUT2D eigenvalue weighted by molar-refractivity contribution is 0.00540. The molecule has 5 aromatic rings. The molecule has 0 aromatic heterocycles. The predicted octanol–water partition coefficient (Wildman–Crippen LogP) is 10.2. The zero-order chi connectivity index (χ0) is 35.3. The molecule has 0 aliphatic heterocycles. The Balaban J connectivity index is 1.52. The average Bonchev–Trinajstić information content (AvgIpc) is 3.14. The molecule has 6 heteroatoms. The van der Waals surface area contributed by atoms with Crippen molar-refractivity contribution >= 4 is 11.8 Å². The molecular formula is C44H47NO5. The summed E-state index contributed by atoms with van der Waals surface area (Å²) in [6.07, 6.45) is 2.26. The third-order valence-electron chi connectivity index (χ3n) is 8.47. The molecule has 1 N–H and O–H groups in total. The Morgan fingerprint density at radius 3 is 1.78 bits per heavy atom. The Labute approximate surface area is 296 Å². The highest BCUT2D eigenvalue weighted by atomic mass is 16.6. The van der Waals surface area contributed by atoms with Gasteiger partial charge in [-0.2, -0.15) is 0 Å². The number of methoxy groups -OCH3 is 1. The number of hydrogen-bond acceptors (Lipinski definition) is 5. The minimum Gasteiger partial charge on any atom is -0.497 e. The molecule has 6 nitrogen and oxygen atoms in total. The lowest BCUT2D eigenvalue weighted by Gasteiger charge is -2.32. The summed E-state index contributed by atoms with van der Waals surface area (Å²) in [5, 5.41) is 12.3. The number of carbonyl (C=O) groups is 1. The monoisotopic (exact) mass is 669 g/mol. The summed E-state index contributed by atoms with van der Waals surface area (Å²) in [5.74, 6) is 0.0190. The largest absolute Gasteiger partial charge is 0.497 e. The molecule has 0 aliphatic rings. The van der Waals surface area contributed by atoms with Crippen molar-refractivity contribution in [2.45, 2.75) is 63.4 Å². The van der Waals surface area contributed by atoms with E-state index in [1.165, 1.54) is 4.90 Å². The molecule has 4 atom stereocenters. The van der Waals surface area contributed by atoms with Crippen molar-refractivity contribution < 1.29 is 24.1 Å². The molecule has 0 heterocycles. The third-order valence-corrected chi connectivity index (χ3v) is 8.47. The Bertz CT molecular complexity index is 1750. The molecule has 1 amide bonds. The van der Waals surface area contributed by atoms with Crippen LogP contribution in [-0.4, -0.2) is 30.0 Å². The fourth-order valence-corrected chi connectivity index (χ4v) is 6.01. The van der Waals surface area contributed by atoms with Crippen LogP contribution < -0.4 is 9.64 Å². The molecule has 0 fully saturated rings. The van der Waals surface area contributed by atoms with E-state index >= 15 is 0 Å². The van der Waals surface area contributed by atoms with Gasteiger partial charge < -0.3 is 19.3 Å². The number of hydrogen-bond donors (Lipinski definition) is 1. The zero-order valence-electron chi connectivity index (χ0n) is 29.3. The number of aliphatic hydroxyl groups is 1. The molecule has 0 spiro atoms. The number of nitrogens with zero attached hydrogens (tertiary/aromatic N) is 1. The number of anilines is 1. The first-order valence-corrected chi connectivity index (χ1v) is 17.0. The maximum absolute atomic E-state index is 13.6. The summed E-state index contributed by atoms with van der Waals surface area (Å²) in [6.45, 7) is 5.94. The SMILES string of the molecule is COc1ccc(N(/C=C/[C@H](c2ccccc2)[C@@H](O)C[C@@H](c2ccccc2)[C@H](OCc2ccccc2)c2ccccc2)C(=O)OC(C)(C)C)cc1. The van der Waals surface area contributed by atoms with Crippen LogP contribution in [0.2, 0.25) is 0 Å². The summed E-state index contributed by atoms with van der Waals surface area (Å²) in [5.41, 5.74) is 4.00. The number of rotatable bonds is 14. The molecule has 5 aromatic carbocycles. The van der Waals surface area contributed by atoms with Gasteiger partial charge in [0.25, 0.3) is 0 Å². The van der Waals surface area contributed by atoms with Gasteiger partial charge in [0.05, 0.1) is 31.6 Å². The van der Waals surface area contributed by atoms with Crippen molar-refractivity contribution in [3.05, 3.63) is 180 Å². The summed E-state index contributed by atoms with van der Waals surface area (Å²) in [7, 11) is 1.60. The molecule has 0 saturated carbocycles. The fraction of sp³-hybridized carbons (Fsp3) is 0.250. The van der Waals surface area contributed by atoms with E-state index in [1.54, 1.807) is 37.6 Å². The minimum absolute atomic E-state index is 0.194. The van der Waals surface area contributed by atoms with E-state index in [-0.39, 0.29) is 12.0 Å². The average molecular weight is 670 g/mol. The summed E-state index contributed by atoms with van der Waals surface area (Å²) in [6, 6.07) is 47.7. The van der Waals surface area contributed by atoms with Crippen LogP contribution >= 0.6 is 0 Å². The van der Waals surface area contributed by atoms with Gasteiger partial charge in [0.2, 0.25) is 0 Å². The van der Waals surface area contributed by atoms with E-state index in [0.29, 0.717) is 24.5 Å². The first-order chi connectivity index (χ1) is 24.2. The van der Waals surface area contributed by atoms with Gasteiger partial charge in [0.1, 0.15) is 11.4 Å². The second-order valence-electron chi connectivity index (χ2n) is 13.3. The van der Waals surface area contributed by atoms with Crippen molar-refractivity contribution in [3.8, 4) is 5.75 Å². The lowest BCUT2D eigenvalue weighted by atomic mass is 9.80. The number of carbonyl (C=O) groups excluding carboxylic acids is 1. The second-order valence-corrected chi connectivity index (χ2v) is 13.3. The fourth-order valence-electron chi connectivity index (χ4n) is 6.01. The van der Waals surface area contributed by atoms with E-state index in [0.717, 1.165) is 22.3 Å². The van der Waals surface area contributed by atoms with Gasteiger partial charge in [0, 0.05) is 18.0 Å². The molecule has 5 rings (SSSR count). The maximum Gasteiger partial charge on any atom is 0.418 e. The van der Waals surface area contributed by atoms with E-state index in [1.807, 2.05) is 112 Å². The van der Waals surface area contributed by atoms with Crippen molar-refractivity contribution in [1.29, 1.82) is 0 Å². The van der Waals surface area contributed by atoms with Crippen LogP contribution in [0.3, 0.4) is 0 Å². The summed E-state index contributed by atoms with van der Waals surface area (Å²) < 4.78 is 17.9. The first-order valence-electron chi connectivity index (χ1n) is 17.0. The highest BCUT2D eigenvalue weighted by Gasteiger charge is 2.32. The quantitative estimate of drug-likeness (QED) is 0.127. The van der Waals surface area contributed by atoms with Crippen molar-refractivity contribution in [2.24, 2.45) is 0 Å². The van der Waals surface area contributed by atoms with Gasteiger partial charge in [0.15, 0.2) is 0 Å². The van der Waals surface area contributed by atoms with Crippen molar-refractivity contribution in [3.63, 3.8) is 0 Å². The zero-order valence-corrected chi connectivity index (χ0v) is 29.3. The molecule has 0 radical (unpaired) electrons. The highest BCUT2D eigenvalue weighted by Crippen LogP contribution is 2.41. The van der Waals surface area contributed by atoms with Gasteiger partial charge >= 0.3 is 6.09 Å². The molecule has 0 unspecified atom stereocenters. The Morgan fingerprint density at radius 1 is 0.720 bits per heavy atom. The van der Waals surface area contributed by atoms with Gasteiger partial charge in [-0.05, 0) is 73.7 Å². The molecular weight excluding hydrogens is 622 g/mol. The van der Waals surface area contributed by atoms with E-state index in [2.05, 4.69) is 36.4 Å². The second kappa shape index (κ2) is 17.5. The van der Waals surface area contributed by atoms with Crippen molar-refractivity contribution in [2.75, 3.05) is 12.0 Å². The minimum atomic E-state index is -0.846.